The third kappa shape index (κ3) is 3.89. The van der Waals surface area contributed by atoms with E-state index in [0.29, 0.717) is 44.9 Å². The van der Waals surface area contributed by atoms with Crippen molar-refractivity contribution in [3.8, 4) is 0 Å². The molecular formula is C17H22F3NO3. The van der Waals surface area contributed by atoms with Crippen molar-refractivity contribution in [3.05, 3.63) is 35.1 Å². The number of piperidine rings is 1. The number of carbonyl (C=O) groups is 1. The molecule has 1 aromatic carbocycles. The molecule has 24 heavy (non-hydrogen) atoms. The Kier molecular flexibility index (Phi) is 6.23. The molecule has 7 heteroatoms. The summed E-state index contributed by atoms with van der Waals surface area (Å²) >= 11 is 0. The lowest BCUT2D eigenvalue weighted by atomic mass is 9.77. The molecule has 1 amide bonds. The molecule has 1 aliphatic rings. The van der Waals surface area contributed by atoms with Gasteiger partial charge in [0.1, 0.15) is 11.4 Å². The number of aliphatic hydroxyl groups is 1. The quantitative estimate of drug-likeness (QED) is 0.637. The van der Waals surface area contributed by atoms with Gasteiger partial charge < -0.3 is 14.7 Å². The van der Waals surface area contributed by atoms with Gasteiger partial charge in [0.15, 0.2) is 11.6 Å². The van der Waals surface area contributed by atoms with Crippen molar-refractivity contribution in [3.63, 3.8) is 0 Å². The number of methoxy groups -OCH3 is 1. The molecule has 1 N–H and O–H groups in total. The molecule has 1 atom stereocenters. The van der Waals surface area contributed by atoms with Crippen molar-refractivity contribution in [1.82, 2.24) is 4.90 Å². The molecule has 0 radical (unpaired) electrons. The third-order valence-corrected chi connectivity index (χ3v) is 4.60. The molecule has 0 aromatic heterocycles. The summed E-state index contributed by atoms with van der Waals surface area (Å²) in [6.07, 6.45) is 2.67. The Labute approximate surface area is 139 Å². The Morgan fingerprint density at radius 1 is 1.33 bits per heavy atom. The number of nitrogens with zero attached hydrogens (tertiary/aromatic N) is 1. The number of ether oxygens (including phenoxy) is 1. The first-order valence-corrected chi connectivity index (χ1v) is 7.97. The van der Waals surface area contributed by atoms with Crippen LogP contribution in [0.2, 0.25) is 0 Å². The molecule has 134 valence electrons. The van der Waals surface area contributed by atoms with Gasteiger partial charge >= 0.3 is 0 Å². The van der Waals surface area contributed by atoms with Crippen LogP contribution in [-0.4, -0.2) is 49.3 Å². The topological polar surface area (TPSA) is 49.8 Å². The Hall–Kier alpha value is -1.60. The fourth-order valence-electron chi connectivity index (χ4n) is 3.27. The van der Waals surface area contributed by atoms with Crippen LogP contribution in [0, 0.1) is 22.9 Å². The lowest BCUT2D eigenvalue weighted by Crippen LogP contribution is -2.48. The fourth-order valence-corrected chi connectivity index (χ4v) is 3.27. The highest BCUT2D eigenvalue weighted by atomic mass is 19.2. The SMILES string of the molecule is COCCCC1(CO)CCCN(C(=O)c2c(F)ccc(F)c2F)C1. The van der Waals surface area contributed by atoms with Crippen LogP contribution >= 0.6 is 0 Å². The molecule has 0 aliphatic carbocycles. The Morgan fingerprint density at radius 2 is 2.04 bits per heavy atom. The van der Waals surface area contributed by atoms with Crippen molar-refractivity contribution in [1.29, 1.82) is 0 Å². The molecule has 2 rings (SSSR count). The molecule has 1 unspecified atom stereocenters. The molecule has 0 spiro atoms. The second-order valence-electron chi connectivity index (χ2n) is 6.30. The number of rotatable bonds is 6. The molecule has 0 saturated carbocycles. The lowest BCUT2D eigenvalue weighted by Gasteiger charge is -2.42. The molecule has 1 heterocycles. The number of benzene rings is 1. The molecule has 1 saturated heterocycles. The van der Waals surface area contributed by atoms with Gasteiger partial charge in [-0.2, -0.15) is 0 Å². The van der Waals surface area contributed by atoms with Crippen molar-refractivity contribution >= 4 is 5.91 Å². The molecular weight excluding hydrogens is 323 g/mol. The van der Waals surface area contributed by atoms with Gasteiger partial charge in [-0.3, -0.25) is 4.79 Å². The van der Waals surface area contributed by atoms with E-state index < -0.39 is 34.3 Å². The average molecular weight is 345 g/mol. The number of hydrogen-bond donors (Lipinski definition) is 1. The highest BCUT2D eigenvalue weighted by Crippen LogP contribution is 2.35. The number of carbonyl (C=O) groups excluding carboxylic acids is 1. The summed E-state index contributed by atoms with van der Waals surface area (Å²) in [7, 11) is 1.58. The second-order valence-corrected chi connectivity index (χ2v) is 6.30. The zero-order valence-corrected chi connectivity index (χ0v) is 13.7. The van der Waals surface area contributed by atoms with Gasteiger partial charge in [-0.1, -0.05) is 0 Å². The summed E-state index contributed by atoms with van der Waals surface area (Å²) in [6.45, 7) is 0.902. The van der Waals surface area contributed by atoms with Gasteiger partial charge in [-0.05, 0) is 37.8 Å². The van der Waals surface area contributed by atoms with E-state index in [-0.39, 0.29) is 13.2 Å². The van der Waals surface area contributed by atoms with Gasteiger partial charge in [0.25, 0.3) is 5.91 Å². The van der Waals surface area contributed by atoms with Crippen molar-refractivity contribution in [2.45, 2.75) is 25.7 Å². The minimum absolute atomic E-state index is 0.130. The molecule has 1 aliphatic heterocycles. The highest BCUT2D eigenvalue weighted by Gasteiger charge is 2.38. The van der Waals surface area contributed by atoms with Crippen LogP contribution < -0.4 is 0 Å². The van der Waals surface area contributed by atoms with Crippen molar-refractivity contribution in [2.24, 2.45) is 5.41 Å². The van der Waals surface area contributed by atoms with Crippen LogP contribution in [0.15, 0.2) is 12.1 Å². The number of amides is 1. The first kappa shape index (κ1) is 18.7. The third-order valence-electron chi connectivity index (χ3n) is 4.60. The highest BCUT2D eigenvalue weighted by molar-refractivity contribution is 5.95. The van der Waals surface area contributed by atoms with Gasteiger partial charge in [0.2, 0.25) is 0 Å². The first-order chi connectivity index (χ1) is 11.4. The summed E-state index contributed by atoms with van der Waals surface area (Å²) in [4.78, 5) is 13.8. The normalized spacial score (nSPS) is 21.1. The number of hydrogen-bond acceptors (Lipinski definition) is 3. The van der Waals surface area contributed by atoms with Crippen molar-refractivity contribution < 1.29 is 27.8 Å². The zero-order valence-electron chi connectivity index (χ0n) is 13.7. The Balaban J connectivity index is 2.19. The number of halogens is 3. The smallest absolute Gasteiger partial charge is 0.259 e. The second kappa shape index (κ2) is 7.98. The predicted molar refractivity (Wildman–Crippen MR) is 82.1 cm³/mol. The first-order valence-electron chi connectivity index (χ1n) is 7.97. The van der Waals surface area contributed by atoms with E-state index >= 15 is 0 Å². The van der Waals surface area contributed by atoms with E-state index in [1.165, 1.54) is 4.90 Å². The molecule has 0 bridgehead atoms. The standard InChI is InChI=1S/C17H22F3NO3/c1-24-9-3-7-17(11-22)6-2-8-21(10-17)16(23)14-12(18)4-5-13(19)15(14)20/h4-5,22H,2-3,6-11H2,1H3. The molecule has 4 nitrogen and oxygen atoms in total. The van der Waals surface area contributed by atoms with Crippen LogP contribution in [0.3, 0.4) is 0 Å². The van der Waals surface area contributed by atoms with Crippen LogP contribution in [0.1, 0.15) is 36.0 Å². The van der Waals surface area contributed by atoms with Gasteiger partial charge in [-0.25, -0.2) is 13.2 Å². The summed E-state index contributed by atoms with van der Waals surface area (Å²) in [6, 6.07) is 1.40. The van der Waals surface area contributed by atoms with Gasteiger partial charge in [0.05, 0.1) is 6.61 Å². The van der Waals surface area contributed by atoms with E-state index in [9.17, 15) is 23.1 Å². The maximum absolute atomic E-state index is 13.9. The summed E-state index contributed by atoms with van der Waals surface area (Å²) < 4.78 is 46.1. The fraction of sp³-hybridized carbons (Fsp3) is 0.588. The zero-order chi connectivity index (χ0) is 17.7. The van der Waals surface area contributed by atoms with Gasteiger partial charge in [-0.15, -0.1) is 0 Å². The van der Waals surface area contributed by atoms with Crippen LogP contribution in [0.25, 0.3) is 0 Å². The predicted octanol–water partition coefficient (Wildman–Crippen LogP) is 2.75. The van der Waals surface area contributed by atoms with Crippen LogP contribution in [0.5, 0.6) is 0 Å². The lowest BCUT2D eigenvalue weighted by molar-refractivity contribution is 0.0175. The van der Waals surface area contributed by atoms with Gasteiger partial charge in [0, 0.05) is 32.2 Å². The van der Waals surface area contributed by atoms with E-state index in [1.54, 1.807) is 7.11 Å². The van der Waals surface area contributed by atoms with E-state index in [2.05, 4.69) is 0 Å². The summed E-state index contributed by atoms with van der Waals surface area (Å²) in [5.41, 5.74) is -1.40. The maximum atomic E-state index is 13.9. The molecule has 1 fully saturated rings. The van der Waals surface area contributed by atoms with E-state index in [4.69, 9.17) is 4.74 Å². The Bertz CT molecular complexity index is 597. The minimum Gasteiger partial charge on any atom is -0.396 e. The van der Waals surface area contributed by atoms with Crippen molar-refractivity contribution in [2.75, 3.05) is 33.4 Å². The monoisotopic (exact) mass is 345 g/mol. The maximum Gasteiger partial charge on any atom is 0.259 e. The van der Waals surface area contributed by atoms with E-state index in [0.717, 1.165) is 6.07 Å². The number of likely N-dealkylation sites (tertiary alicyclic amines) is 1. The van der Waals surface area contributed by atoms with Crippen LogP contribution in [0.4, 0.5) is 13.2 Å². The average Bonchev–Trinajstić information content (AvgIpc) is 2.59. The minimum atomic E-state index is -1.47. The Morgan fingerprint density at radius 3 is 2.71 bits per heavy atom. The summed E-state index contributed by atoms with van der Waals surface area (Å²) in [5, 5.41) is 9.78. The van der Waals surface area contributed by atoms with E-state index in [1.807, 2.05) is 0 Å². The molecule has 1 aromatic rings. The summed E-state index contributed by atoms with van der Waals surface area (Å²) in [5.74, 6) is -4.70. The number of aliphatic hydroxyl groups excluding tert-OH is 1. The largest absolute Gasteiger partial charge is 0.396 e. The van der Waals surface area contributed by atoms with Crippen LogP contribution in [-0.2, 0) is 4.74 Å².